The second-order valence-corrected chi connectivity index (χ2v) is 10.0. The molecule has 0 aliphatic rings. The third-order valence-electron chi connectivity index (χ3n) is 4.35. The van der Waals surface area contributed by atoms with Crippen molar-refractivity contribution in [1.29, 1.82) is 0 Å². The van der Waals surface area contributed by atoms with Crippen molar-refractivity contribution in [3.63, 3.8) is 0 Å². The minimum Gasteiger partial charge on any atom is -0.327 e. The molecule has 0 amide bonds. The van der Waals surface area contributed by atoms with Gasteiger partial charge in [0.05, 0.1) is 0 Å². The van der Waals surface area contributed by atoms with Gasteiger partial charge in [0.25, 0.3) is 8.24 Å². The maximum absolute atomic E-state index is 13.7. The molecule has 0 radical (unpaired) electrons. The van der Waals surface area contributed by atoms with E-state index in [0.717, 1.165) is 6.42 Å². The van der Waals surface area contributed by atoms with Crippen LogP contribution in [-0.2, 0) is 0 Å². The van der Waals surface area contributed by atoms with E-state index in [1.807, 2.05) is 27.7 Å². The molecule has 110 valence electrons. The molecule has 3 atom stereocenters. The maximum atomic E-state index is 13.7. The molecule has 1 nitrogen and oxygen atoms in total. The van der Waals surface area contributed by atoms with E-state index in [0.29, 0.717) is 12.8 Å². The van der Waals surface area contributed by atoms with Gasteiger partial charge < -0.3 is 4.98 Å². The van der Waals surface area contributed by atoms with Crippen molar-refractivity contribution in [1.82, 2.24) is 4.98 Å². The van der Waals surface area contributed by atoms with Gasteiger partial charge in [0.2, 0.25) is 0 Å². The standard InChI is InChI=1S/C13H28F3NSi/c1-7-10(4)17-18(11(5)8-2,12(6)9-3)13(14,15)16/h10-12,17H,7-9H2,1-6H3. The van der Waals surface area contributed by atoms with Gasteiger partial charge in [-0.15, -0.1) is 0 Å². The van der Waals surface area contributed by atoms with Crippen molar-refractivity contribution in [3.05, 3.63) is 0 Å². The first-order chi connectivity index (χ1) is 8.17. The molecule has 5 heteroatoms. The topological polar surface area (TPSA) is 12.0 Å². The first-order valence-corrected chi connectivity index (χ1v) is 9.17. The van der Waals surface area contributed by atoms with Crippen molar-refractivity contribution in [2.75, 3.05) is 0 Å². The molecule has 0 aliphatic carbocycles. The predicted octanol–water partition coefficient (Wildman–Crippen LogP) is 5.02. The van der Waals surface area contributed by atoms with Gasteiger partial charge in [-0.1, -0.05) is 54.4 Å². The third-order valence-corrected chi connectivity index (χ3v) is 10.2. The van der Waals surface area contributed by atoms with Crippen LogP contribution in [0, 0.1) is 0 Å². The Morgan fingerprint density at radius 3 is 1.50 bits per heavy atom. The van der Waals surface area contributed by atoms with E-state index in [-0.39, 0.29) is 17.1 Å². The van der Waals surface area contributed by atoms with Crippen molar-refractivity contribution in [3.8, 4) is 0 Å². The molecule has 0 aromatic heterocycles. The molecule has 1 N–H and O–H groups in total. The molecular weight excluding hydrogens is 255 g/mol. The quantitative estimate of drug-likeness (QED) is 0.647. The fourth-order valence-corrected chi connectivity index (χ4v) is 7.69. The highest BCUT2D eigenvalue weighted by molar-refractivity contribution is 6.82. The Labute approximate surface area is 111 Å². The number of halogens is 3. The van der Waals surface area contributed by atoms with E-state index < -0.39 is 14.0 Å². The van der Waals surface area contributed by atoms with Gasteiger partial charge in [-0.25, -0.2) is 0 Å². The number of alkyl halides is 3. The Morgan fingerprint density at radius 1 is 0.889 bits per heavy atom. The number of nitrogens with one attached hydrogen (secondary N) is 1. The van der Waals surface area contributed by atoms with Crippen LogP contribution in [0.4, 0.5) is 13.2 Å². The summed E-state index contributed by atoms with van der Waals surface area (Å²) in [6.45, 7) is 11.0. The predicted molar refractivity (Wildman–Crippen MR) is 74.1 cm³/mol. The summed E-state index contributed by atoms with van der Waals surface area (Å²) >= 11 is 0. The zero-order valence-electron chi connectivity index (χ0n) is 12.5. The second kappa shape index (κ2) is 6.94. The van der Waals surface area contributed by atoms with Gasteiger partial charge in [-0.2, -0.15) is 13.2 Å². The fourth-order valence-electron chi connectivity index (χ4n) is 2.56. The molecule has 3 unspecified atom stereocenters. The Bertz CT molecular complexity index is 233. The fraction of sp³-hybridized carbons (Fsp3) is 1.00. The summed E-state index contributed by atoms with van der Waals surface area (Å²) in [5, 5.41) is 0. The van der Waals surface area contributed by atoms with Gasteiger partial charge >= 0.3 is 5.80 Å². The Kier molecular flexibility index (Phi) is 6.93. The lowest BCUT2D eigenvalue weighted by Crippen LogP contribution is -2.69. The summed E-state index contributed by atoms with van der Waals surface area (Å²) in [4.78, 5) is 3.04. The lowest BCUT2D eigenvalue weighted by Gasteiger charge is -2.44. The molecule has 0 saturated carbocycles. The summed E-state index contributed by atoms with van der Waals surface area (Å²) in [5.74, 6) is -4.08. The van der Waals surface area contributed by atoms with Crippen LogP contribution in [0.1, 0.15) is 60.8 Å². The average Bonchev–Trinajstić information content (AvgIpc) is 2.31. The minimum atomic E-state index is -4.08. The summed E-state index contributed by atoms with van der Waals surface area (Å²) < 4.78 is 41.2. The molecule has 0 rings (SSSR count). The monoisotopic (exact) mass is 283 g/mol. The number of hydrogen-bond donors (Lipinski definition) is 1. The molecule has 0 spiro atoms. The molecule has 0 fully saturated rings. The number of hydrogen-bond acceptors (Lipinski definition) is 1. The van der Waals surface area contributed by atoms with Crippen LogP contribution in [-0.4, -0.2) is 20.1 Å². The zero-order chi connectivity index (χ0) is 14.6. The lowest BCUT2D eigenvalue weighted by atomic mass is 10.3. The highest BCUT2D eigenvalue weighted by atomic mass is 28.3. The van der Waals surface area contributed by atoms with Crippen LogP contribution in [0.3, 0.4) is 0 Å². The SMILES string of the molecule is CCC(C)N[Si](C(C)CC)(C(C)CC)C(F)(F)F. The summed E-state index contributed by atoms with van der Waals surface area (Å²) in [5.41, 5.74) is -0.581. The van der Waals surface area contributed by atoms with E-state index in [1.54, 1.807) is 13.8 Å². The van der Waals surface area contributed by atoms with Crippen molar-refractivity contribution in [2.24, 2.45) is 0 Å². The molecular formula is C13H28F3NSi. The largest absolute Gasteiger partial charge is 0.377 e. The van der Waals surface area contributed by atoms with E-state index in [1.165, 1.54) is 0 Å². The van der Waals surface area contributed by atoms with Gasteiger partial charge in [-0.3, -0.25) is 0 Å². The van der Waals surface area contributed by atoms with Crippen LogP contribution in [0.5, 0.6) is 0 Å². The van der Waals surface area contributed by atoms with Gasteiger partial charge in [-0.05, 0) is 23.5 Å². The minimum absolute atomic E-state index is 0.0682. The molecule has 0 aromatic rings. The first kappa shape index (κ1) is 18.0. The molecule has 0 heterocycles. The van der Waals surface area contributed by atoms with Gasteiger partial charge in [0, 0.05) is 0 Å². The Morgan fingerprint density at radius 2 is 1.28 bits per heavy atom. The normalized spacial score (nSPS) is 21.2. The summed E-state index contributed by atoms with van der Waals surface area (Å²) in [6, 6.07) is -0.0682. The van der Waals surface area contributed by atoms with E-state index in [2.05, 4.69) is 4.98 Å². The van der Waals surface area contributed by atoms with Gasteiger partial charge in [0.15, 0.2) is 0 Å². The zero-order valence-corrected chi connectivity index (χ0v) is 13.5. The lowest BCUT2D eigenvalue weighted by molar-refractivity contribution is -0.0635. The van der Waals surface area contributed by atoms with Crippen LogP contribution >= 0.6 is 0 Å². The maximum Gasteiger partial charge on any atom is 0.377 e. The van der Waals surface area contributed by atoms with Crippen LogP contribution in [0.2, 0.25) is 11.1 Å². The van der Waals surface area contributed by atoms with Crippen molar-refractivity contribution in [2.45, 2.75) is 83.7 Å². The second-order valence-electron chi connectivity index (χ2n) is 5.44. The highest BCUT2D eigenvalue weighted by Crippen LogP contribution is 2.46. The third kappa shape index (κ3) is 3.50. The molecule has 18 heavy (non-hydrogen) atoms. The van der Waals surface area contributed by atoms with Gasteiger partial charge in [0.1, 0.15) is 0 Å². The average molecular weight is 283 g/mol. The van der Waals surface area contributed by atoms with Crippen LogP contribution in [0.15, 0.2) is 0 Å². The smallest absolute Gasteiger partial charge is 0.327 e. The van der Waals surface area contributed by atoms with E-state index >= 15 is 0 Å². The molecule has 0 bridgehead atoms. The Hall–Kier alpha value is -0.0331. The summed E-state index contributed by atoms with van der Waals surface area (Å²) in [7, 11) is -3.54. The van der Waals surface area contributed by atoms with E-state index in [9.17, 15) is 13.2 Å². The number of rotatable bonds is 7. The molecule has 0 aliphatic heterocycles. The van der Waals surface area contributed by atoms with Crippen molar-refractivity contribution < 1.29 is 13.2 Å². The first-order valence-electron chi connectivity index (χ1n) is 7.01. The molecule has 0 aromatic carbocycles. The molecule has 0 saturated heterocycles. The van der Waals surface area contributed by atoms with Crippen LogP contribution < -0.4 is 4.98 Å². The Balaban J connectivity index is 5.55. The van der Waals surface area contributed by atoms with Crippen molar-refractivity contribution >= 4 is 8.24 Å². The highest BCUT2D eigenvalue weighted by Gasteiger charge is 2.63. The van der Waals surface area contributed by atoms with E-state index in [4.69, 9.17) is 0 Å². The summed E-state index contributed by atoms with van der Waals surface area (Å²) in [6.07, 6.45) is 1.90. The van der Waals surface area contributed by atoms with Crippen LogP contribution in [0.25, 0.3) is 0 Å².